The van der Waals surface area contributed by atoms with E-state index in [4.69, 9.17) is 0 Å². The molecule has 4 aliphatic heterocycles. The second-order valence-electron chi connectivity index (χ2n) is 7.06. The summed E-state index contributed by atoms with van der Waals surface area (Å²) in [5.41, 5.74) is 0. The molecule has 0 N–H and O–H groups in total. The molecule has 0 aromatic carbocycles. The van der Waals surface area contributed by atoms with Gasteiger partial charge in [-0.3, -0.25) is 0 Å². The van der Waals surface area contributed by atoms with Gasteiger partial charge in [-0.1, -0.05) is 0 Å². The third kappa shape index (κ3) is 9.76. The van der Waals surface area contributed by atoms with Crippen LogP contribution in [0.3, 0.4) is 0 Å². The van der Waals surface area contributed by atoms with Gasteiger partial charge in [0.2, 0.25) is 0 Å². The normalized spacial score (nSPS) is 34.8. The number of rotatable bonds is 12. The van der Waals surface area contributed by atoms with Gasteiger partial charge < -0.3 is 0 Å². The Bertz CT molecular complexity index is 375. The second kappa shape index (κ2) is 15.3. The van der Waals surface area contributed by atoms with E-state index in [9.17, 15) is 0 Å². The van der Waals surface area contributed by atoms with Crippen LogP contribution < -0.4 is 0 Å². The van der Waals surface area contributed by atoms with E-state index in [0.717, 1.165) is 21.0 Å². The average Bonchev–Trinajstić information content (AvgIpc) is 3.56. The van der Waals surface area contributed by atoms with Crippen molar-refractivity contribution in [3.05, 3.63) is 0 Å². The molecular formula is C16H28S12Sn. The van der Waals surface area contributed by atoms with E-state index < -0.39 is 12.8 Å². The van der Waals surface area contributed by atoms with E-state index in [1.807, 2.05) is 0 Å². The van der Waals surface area contributed by atoms with E-state index in [0.29, 0.717) is 0 Å². The van der Waals surface area contributed by atoms with Crippen LogP contribution in [0.4, 0.5) is 0 Å². The molecule has 0 aliphatic carbocycles. The predicted molar refractivity (Wildman–Crippen MR) is 169 cm³/mol. The first-order valence-corrected chi connectivity index (χ1v) is 37.5. The van der Waals surface area contributed by atoms with Crippen molar-refractivity contribution in [2.45, 2.75) is 46.7 Å². The van der Waals surface area contributed by atoms with Crippen molar-refractivity contribution in [3.63, 3.8) is 0 Å². The van der Waals surface area contributed by atoms with Crippen LogP contribution in [0.2, 0.25) is 0 Å². The molecule has 0 saturated carbocycles. The van der Waals surface area contributed by atoms with Crippen molar-refractivity contribution < 1.29 is 0 Å². The van der Waals surface area contributed by atoms with E-state index in [-0.39, 0.29) is 0 Å². The zero-order valence-corrected chi connectivity index (χ0v) is 28.8. The van der Waals surface area contributed by atoms with Crippen molar-refractivity contribution >= 4 is 135 Å². The Morgan fingerprint density at radius 1 is 0.483 bits per heavy atom. The fourth-order valence-corrected chi connectivity index (χ4v) is 68.1. The molecule has 168 valence electrons. The number of hydrogen-bond acceptors (Lipinski definition) is 12. The maximum absolute atomic E-state index is 2.53. The molecule has 4 fully saturated rings. The summed E-state index contributed by atoms with van der Waals surface area (Å²) in [4.78, 5) is 0. The first kappa shape index (κ1) is 27.0. The van der Waals surface area contributed by atoms with Crippen molar-refractivity contribution in [2.75, 3.05) is 46.0 Å². The maximum atomic E-state index is 2.53. The molecule has 4 rings (SSSR count). The molecule has 0 amide bonds. The Kier molecular flexibility index (Phi) is 14.3. The minimum absolute atomic E-state index is 0.923. The van der Waals surface area contributed by atoms with Crippen LogP contribution >= 0.6 is 122 Å². The summed E-state index contributed by atoms with van der Waals surface area (Å²) in [5.74, 6) is 11.3. The summed E-state index contributed by atoms with van der Waals surface area (Å²) < 4.78 is 0. The Labute approximate surface area is 224 Å². The quantitative estimate of drug-likeness (QED) is 0.139. The molecule has 0 nitrogen and oxygen atoms in total. The van der Waals surface area contributed by atoms with Gasteiger partial charge >= 0.3 is 228 Å². The molecule has 0 radical (unpaired) electrons. The van der Waals surface area contributed by atoms with Gasteiger partial charge in [-0.25, -0.2) is 0 Å². The van der Waals surface area contributed by atoms with Gasteiger partial charge in [-0.15, -0.1) is 0 Å². The van der Waals surface area contributed by atoms with Crippen LogP contribution in [0.5, 0.6) is 0 Å². The van der Waals surface area contributed by atoms with Crippen molar-refractivity contribution in [1.82, 2.24) is 0 Å². The first-order valence-electron chi connectivity index (χ1n) is 10.0. The van der Waals surface area contributed by atoms with Crippen LogP contribution in [0.25, 0.3) is 0 Å². The Hall–Kier alpha value is 5.00. The summed E-state index contributed by atoms with van der Waals surface area (Å²) in [6.07, 6.45) is 5.79. The molecule has 0 aromatic rings. The average molecular weight is 724 g/mol. The van der Waals surface area contributed by atoms with Crippen LogP contribution in [0.15, 0.2) is 0 Å². The van der Waals surface area contributed by atoms with Crippen LogP contribution in [-0.2, 0) is 0 Å². The molecule has 4 heterocycles. The van der Waals surface area contributed by atoms with Crippen molar-refractivity contribution in [2.24, 2.45) is 0 Å². The molecular weight excluding hydrogens is 696 g/mol. The summed E-state index contributed by atoms with van der Waals surface area (Å²) in [5, 5.41) is 3.69. The monoisotopic (exact) mass is 724 g/mol. The van der Waals surface area contributed by atoms with Crippen molar-refractivity contribution in [1.29, 1.82) is 0 Å². The van der Waals surface area contributed by atoms with Gasteiger partial charge in [0.15, 0.2) is 0 Å². The zero-order chi connectivity index (χ0) is 19.8. The molecule has 0 bridgehead atoms. The summed E-state index contributed by atoms with van der Waals surface area (Å²) in [6.45, 7) is 0. The molecule has 4 atom stereocenters. The van der Waals surface area contributed by atoms with E-state index in [2.05, 4.69) is 122 Å². The molecule has 13 heteroatoms. The third-order valence-electron chi connectivity index (χ3n) is 4.69. The van der Waals surface area contributed by atoms with Gasteiger partial charge in [0.25, 0.3) is 0 Å². The van der Waals surface area contributed by atoms with E-state index in [1.54, 1.807) is 0 Å². The topological polar surface area (TPSA) is 0 Å². The standard InChI is InChI=1S/4C4H8S3.Sn/c4*5-3-4-1-2-6-7-4;/h4*4-5H,1-3H2;/q;;;;+4/p-4. The van der Waals surface area contributed by atoms with Gasteiger partial charge in [-0.2, -0.15) is 0 Å². The van der Waals surface area contributed by atoms with E-state index in [1.165, 1.54) is 71.7 Å². The van der Waals surface area contributed by atoms with E-state index >= 15 is 0 Å². The summed E-state index contributed by atoms with van der Waals surface area (Å²) >= 11 is -2.41. The fraction of sp³-hybridized carbons (Fsp3) is 1.00. The first-order chi connectivity index (χ1) is 14.3. The molecule has 0 aromatic heterocycles. The van der Waals surface area contributed by atoms with Crippen LogP contribution in [0, 0.1) is 0 Å². The second-order valence-corrected chi connectivity index (χ2v) is 60.3. The zero-order valence-electron chi connectivity index (χ0n) is 16.2. The summed E-state index contributed by atoms with van der Waals surface area (Å²) in [6, 6.07) is 0. The Balaban J connectivity index is 1.38. The molecule has 4 saturated heterocycles. The van der Waals surface area contributed by atoms with Gasteiger partial charge in [-0.05, 0) is 0 Å². The van der Waals surface area contributed by atoms with Crippen molar-refractivity contribution in [3.8, 4) is 0 Å². The summed E-state index contributed by atoms with van der Waals surface area (Å²) in [7, 11) is 27.4. The fourth-order valence-electron chi connectivity index (χ4n) is 2.96. The van der Waals surface area contributed by atoms with Gasteiger partial charge in [0.1, 0.15) is 0 Å². The minimum atomic E-state index is -2.41. The van der Waals surface area contributed by atoms with Crippen LogP contribution in [0.1, 0.15) is 25.7 Å². The Morgan fingerprint density at radius 3 is 0.966 bits per heavy atom. The molecule has 4 unspecified atom stereocenters. The molecule has 29 heavy (non-hydrogen) atoms. The SMILES string of the molecule is C1CC(C[S][Sn]([S]CC2CCSS2)([S]CC2CCSS2)[S]CC2CCSS2)SS1. The molecule has 0 spiro atoms. The molecule has 4 aliphatic rings. The predicted octanol–water partition coefficient (Wildman–Crippen LogP) is 8.97. The number of hydrogen-bond donors (Lipinski definition) is 0. The third-order valence-corrected chi connectivity index (χ3v) is 67.3. The van der Waals surface area contributed by atoms with Crippen LogP contribution in [-0.4, -0.2) is 79.9 Å². The van der Waals surface area contributed by atoms with Gasteiger partial charge in [0, 0.05) is 0 Å². The van der Waals surface area contributed by atoms with Gasteiger partial charge in [0.05, 0.1) is 0 Å². The Morgan fingerprint density at radius 2 is 0.759 bits per heavy atom.